The van der Waals surface area contributed by atoms with Gasteiger partial charge in [0.05, 0.1) is 11.6 Å². The molecule has 0 amide bonds. The Hall–Kier alpha value is -1.33. The lowest BCUT2D eigenvalue weighted by Crippen LogP contribution is -2.03. The fourth-order valence-electron chi connectivity index (χ4n) is 1.56. The predicted octanol–water partition coefficient (Wildman–Crippen LogP) is 2.22. The molecular formula is C12H15NO. The highest BCUT2D eigenvalue weighted by Crippen LogP contribution is 2.22. The first-order valence-corrected chi connectivity index (χ1v) is 4.87. The second kappa shape index (κ2) is 4.78. The Labute approximate surface area is 84.8 Å². The molecule has 1 unspecified atom stereocenters. The van der Waals surface area contributed by atoms with Gasteiger partial charge >= 0.3 is 0 Å². The molecule has 0 aliphatic carbocycles. The average molecular weight is 189 g/mol. The van der Waals surface area contributed by atoms with E-state index >= 15 is 0 Å². The van der Waals surface area contributed by atoms with E-state index in [4.69, 9.17) is 10.4 Å². The molecule has 0 aromatic heterocycles. The van der Waals surface area contributed by atoms with Crippen LogP contribution in [-0.4, -0.2) is 11.7 Å². The van der Waals surface area contributed by atoms with E-state index in [0.29, 0.717) is 0 Å². The standard InChI is InChI=1S/C12H15NO/c1-3-10-5-4-6-11(9(2)8-14)12(10)7-13/h4-6,9,14H,3,8H2,1-2H3. The Kier molecular flexibility index (Phi) is 3.67. The Balaban J connectivity index is 3.23. The molecule has 1 aromatic rings. The molecule has 0 fully saturated rings. The van der Waals surface area contributed by atoms with Crippen LogP contribution in [0.2, 0.25) is 0 Å². The van der Waals surface area contributed by atoms with Gasteiger partial charge in [-0.2, -0.15) is 5.26 Å². The number of rotatable bonds is 3. The van der Waals surface area contributed by atoms with Gasteiger partial charge in [-0.15, -0.1) is 0 Å². The van der Waals surface area contributed by atoms with Gasteiger partial charge in [0.15, 0.2) is 0 Å². The molecule has 0 bridgehead atoms. The van der Waals surface area contributed by atoms with Crippen molar-refractivity contribution >= 4 is 0 Å². The molecule has 1 N–H and O–H groups in total. The van der Waals surface area contributed by atoms with Crippen molar-refractivity contribution in [2.24, 2.45) is 0 Å². The summed E-state index contributed by atoms with van der Waals surface area (Å²) in [5.74, 6) is 0.0381. The fraction of sp³-hybridized carbons (Fsp3) is 0.417. The van der Waals surface area contributed by atoms with E-state index in [1.165, 1.54) is 0 Å². The summed E-state index contributed by atoms with van der Waals surface area (Å²) in [4.78, 5) is 0. The first kappa shape index (κ1) is 10.7. The summed E-state index contributed by atoms with van der Waals surface area (Å²) in [6, 6.07) is 8.04. The molecule has 0 radical (unpaired) electrons. The van der Waals surface area contributed by atoms with Crippen LogP contribution >= 0.6 is 0 Å². The smallest absolute Gasteiger partial charge is 0.0997 e. The van der Waals surface area contributed by atoms with Gasteiger partial charge in [-0.05, 0) is 17.5 Å². The van der Waals surface area contributed by atoms with Crippen LogP contribution in [0, 0.1) is 11.3 Å². The molecule has 2 nitrogen and oxygen atoms in total. The minimum atomic E-state index is 0.0381. The molecule has 74 valence electrons. The molecule has 1 atom stereocenters. The van der Waals surface area contributed by atoms with Crippen LogP contribution < -0.4 is 0 Å². The molecule has 1 rings (SSSR count). The van der Waals surface area contributed by atoms with Crippen LogP contribution in [-0.2, 0) is 6.42 Å². The molecule has 2 heteroatoms. The lowest BCUT2D eigenvalue weighted by molar-refractivity contribution is 0.273. The monoisotopic (exact) mass is 189 g/mol. The van der Waals surface area contributed by atoms with Crippen LogP contribution in [0.4, 0.5) is 0 Å². The maximum absolute atomic E-state index is 9.06. The van der Waals surface area contributed by atoms with E-state index < -0.39 is 0 Å². The fourth-order valence-corrected chi connectivity index (χ4v) is 1.56. The zero-order valence-electron chi connectivity index (χ0n) is 8.62. The lowest BCUT2D eigenvalue weighted by atomic mass is 9.92. The number of nitriles is 1. The zero-order chi connectivity index (χ0) is 10.6. The van der Waals surface area contributed by atoms with Crippen LogP contribution in [0.15, 0.2) is 18.2 Å². The molecule has 0 spiro atoms. The molecule has 0 aliphatic rings. The van der Waals surface area contributed by atoms with E-state index in [1.54, 1.807) is 0 Å². The third kappa shape index (κ3) is 1.94. The van der Waals surface area contributed by atoms with Gasteiger partial charge < -0.3 is 5.11 Å². The summed E-state index contributed by atoms with van der Waals surface area (Å²) < 4.78 is 0. The highest BCUT2D eigenvalue weighted by molar-refractivity contribution is 5.46. The third-order valence-corrected chi connectivity index (χ3v) is 2.48. The second-order valence-corrected chi connectivity index (χ2v) is 3.43. The van der Waals surface area contributed by atoms with Crippen molar-refractivity contribution in [3.63, 3.8) is 0 Å². The maximum Gasteiger partial charge on any atom is 0.0997 e. The van der Waals surface area contributed by atoms with Gasteiger partial charge in [-0.3, -0.25) is 0 Å². The normalized spacial score (nSPS) is 12.1. The lowest BCUT2D eigenvalue weighted by Gasteiger charge is -2.12. The van der Waals surface area contributed by atoms with Crippen LogP contribution in [0.5, 0.6) is 0 Å². The molecular weight excluding hydrogens is 174 g/mol. The third-order valence-electron chi connectivity index (χ3n) is 2.48. The topological polar surface area (TPSA) is 44.0 Å². The Morgan fingerprint density at radius 2 is 2.21 bits per heavy atom. The molecule has 0 heterocycles. The van der Waals surface area contributed by atoms with Crippen molar-refractivity contribution in [3.8, 4) is 6.07 Å². The summed E-state index contributed by atoms with van der Waals surface area (Å²) >= 11 is 0. The second-order valence-electron chi connectivity index (χ2n) is 3.43. The minimum absolute atomic E-state index is 0.0381. The van der Waals surface area contributed by atoms with Gasteiger partial charge in [0, 0.05) is 12.5 Å². The maximum atomic E-state index is 9.06. The quantitative estimate of drug-likeness (QED) is 0.792. The van der Waals surface area contributed by atoms with E-state index in [1.807, 2.05) is 32.0 Å². The highest BCUT2D eigenvalue weighted by Gasteiger charge is 2.11. The van der Waals surface area contributed by atoms with Gasteiger partial charge in [-0.1, -0.05) is 32.0 Å². The number of benzene rings is 1. The number of aliphatic hydroxyl groups is 1. The van der Waals surface area contributed by atoms with Crippen LogP contribution in [0.25, 0.3) is 0 Å². The van der Waals surface area contributed by atoms with E-state index in [9.17, 15) is 0 Å². The Morgan fingerprint density at radius 1 is 1.50 bits per heavy atom. The SMILES string of the molecule is CCc1cccc(C(C)CO)c1C#N. The van der Waals surface area contributed by atoms with Crippen molar-refractivity contribution in [2.75, 3.05) is 6.61 Å². The summed E-state index contributed by atoms with van der Waals surface area (Å²) in [6.45, 7) is 4.04. The first-order chi connectivity index (χ1) is 6.74. The van der Waals surface area contributed by atoms with Crippen molar-refractivity contribution in [1.29, 1.82) is 5.26 Å². The summed E-state index contributed by atoms with van der Waals surface area (Å²) in [6.07, 6.45) is 0.856. The number of hydrogen-bond donors (Lipinski definition) is 1. The van der Waals surface area contributed by atoms with Crippen LogP contribution in [0.3, 0.4) is 0 Å². The Bertz CT molecular complexity index is 352. The van der Waals surface area contributed by atoms with E-state index in [2.05, 4.69) is 6.07 Å². The number of nitrogens with zero attached hydrogens (tertiary/aromatic N) is 1. The van der Waals surface area contributed by atoms with Gasteiger partial charge in [-0.25, -0.2) is 0 Å². The van der Waals surface area contributed by atoms with E-state index in [0.717, 1.165) is 23.1 Å². The summed E-state index contributed by atoms with van der Waals surface area (Å²) in [5, 5.41) is 18.1. The first-order valence-electron chi connectivity index (χ1n) is 4.87. The van der Waals surface area contributed by atoms with E-state index in [-0.39, 0.29) is 12.5 Å². The summed E-state index contributed by atoms with van der Waals surface area (Å²) in [5.41, 5.74) is 2.75. The van der Waals surface area contributed by atoms with Crippen molar-refractivity contribution in [1.82, 2.24) is 0 Å². The minimum Gasteiger partial charge on any atom is -0.396 e. The number of aliphatic hydroxyl groups excluding tert-OH is 1. The largest absolute Gasteiger partial charge is 0.396 e. The molecule has 1 aromatic carbocycles. The van der Waals surface area contributed by atoms with Gasteiger partial charge in [0.25, 0.3) is 0 Å². The Morgan fingerprint density at radius 3 is 2.71 bits per heavy atom. The van der Waals surface area contributed by atoms with Crippen molar-refractivity contribution < 1.29 is 5.11 Å². The number of hydrogen-bond acceptors (Lipinski definition) is 2. The average Bonchev–Trinajstić information content (AvgIpc) is 2.26. The van der Waals surface area contributed by atoms with Crippen LogP contribution in [0.1, 0.15) is 36.5 Å². The van der Waals surface area contributed by atoms with Gasteiger partial charge in [0.1, 0.15) is 0 Å². The van der Waals surface area contributed by atoms with Crippen molar-refractivity contribution in [3.05, 3.63) is 34.9 Å². The summed E-state index contributed by atoms with van der Waals surface area (Å²) in [7, 11) is 0. The molecule has 0 saturated carbocycles. The highest BCUT2D eigenvalue weighted by atomic mass is 16.3. The number of aryl methyl sites for hydroxylation is 1. The molecule has 14 heavy (non-hydrogen) atoms. The van der Waals surface area contributed by atoms with Gasteiger partial charge in [0.2, 0.25) is 0 Å². The predicted molar refractivity (Wildman–Crippen MR) is 56.0 cm³/mol. The molecule has 0 saturated heterocycles. The molecule has 0 aliphatic heterocycles. The van der Waals surface area contributed by atoms with Crippen molar-refractivity contribution in [2.45, 2.75) is 26.2 Å². The zero-order valence-corrected chi connectivity index (χ0v) is 8.62.